The average molecular weight is 1010 g/mol. The van der Waals surface area contributed by atoms with Crippen molar-refractivity contribution in [3.8, 4) is 28.4 Å². The van der Waals surface area contributed by atoms with Gasteiger partial charge in [-0.15, -0.1) is 0 Å². The number of rotatable bonds is 13. The minimum atomic E-state index is -0.482. The third-order valence-corrected chi connectivity index (χ3v) is 13.0. The number of pyridine rings is 1. The smallest absolute Gasteiger partial charge is 0.260 e. The summed E-state index contributed by atoms with van der Waals surface area (Å²) in [5.74, 6) is -1.24. The van der Waals surface area contributed by atoms with Crippen molar-refractivity contribution < 1.29 is 33.5 Å². The minimum absolute atomic E-state index is 0.0721. The molecule has 73 heavy (non-hydrogen) atoms. The van der Waals surface area contributed by atoms with Gasteiger partial charge in [0.1, 0.15) is 36.3 Å². The molecule has 6 aromatic rings. The molecule has 0 bridgehead atoms. The molecule has 7 N–H and O–H groups in total. The Morgan fingerprint density at radius 2 is 1.40 bits per heavy atom. The van der Waals surface area contributed by atoms with Gasteiger partial charge in [-0.1, -0.05) is 80.0 Å². The van der Waals surface area contributed by atoms with Crippen molar-refractivity contribution in [3.05, 3.63) is 155 Å². The number of benzene rings is 4. The topological polar surface area (TPSA) is 235 Å². The molecule has 4 amide bonds. The van der Waals surface area contributed by atoms with E-state index < -0.39 is 17.6 Å². The lowest BCUT2D eigenvalue weighted by Gasteiger charge is -2.36. The summed E-state index contributed by atoms with van der Waals surface area (Å²) >= 11 is 5.92. The van der Waals surface area contributed by atoms with E-state index in [1.165, 1.54) is 40.3 Å². The first-order chi connectivity index (χ1) is 35.0. The number of aromatic hydroxyl groups is 1. The molecule has 0 radical (unpaired) electrons. The van der Waals surface area contributed by atoms with Crippen molar-refractivity contribution in [3.63, 3.8) is 0 Å². The van der Waals surface area contributed by atoms with Gasteiger partial charge in [0, 0.05) is 85.1 Å². The fourth-order valence-corrected chi connectivity index (χ4v) is 8.61. The first-order valence-corrected chi connectivity index (χ1v) is 24.6. The van der Waals surface area contributed by atoms with Crippen molar-refractivity contribution in [1.82, 2.24) is 24.8 Å². The Morgan fingerprint density at radius 3 is 2.07 bits per heavy atom. The van der Waals surface area contributed by atoms with Gasteiger partial charge in [0.15, 0.2) is 5.82 Å². The quantitative estimate of drug-likeness (QED) is 0.0949. The van der Waals surface area contributed by atoms with Crippen LogP contribution in [0, 0.1) is 11.7 Å². The number of amides is 4. The number of hydrogen-bond acceptors (Lipinski definition) is 12. The first-order valence-electron chi connectivity index (χ1n) is 24.2. The Hall–Kier alpha value is -7.44. The van der Waals surface area contributed by atoms with Crippen LogP contribution in [0.25, 0.3) is 22.6 Å². The number of halogens is 2. The molecule has 0 aliphatic carbocycles. The number of phenols is 1. The molecule has 4 aromatic carbocycles. The fourth-order valence-electron chi connectivity index (χ4n) is 8.49. The summed E-state index contributed by atoms with van der Waals surface area (Å²) in [6.45, 7) is 5.11. The number of carbonyl (C=O) groups excluding carboxylic acids is 5. The Labute approximate surface area is 429 Å². The van der Waals surface area contributed by atoms with Gasteiger partial charge in [0.2, 0.25) is 11.8 Å². The second-order valence-corrected chi connectivity index (χ2v) is 19.0. The van der Waals surface area contributed by atoms with Crippen LogP contribution in [-0.2, 0) is 20.8 Å². The number of Topliss-reactive ketones (excluding diaryl/α,β-unsaturated/α-hetero) is 1. The molecule has 18 heteroatoms. The van der Waals surface area contributed by atoms with Gasteiger partial charge in [0.05, 0.1) is 22.6 Å². The number of nitrogens with two attached hydrogens (primary N) is 3. The Morgan fingerprint density at radius 1 is 0.740 bits per heavy atom. The molecule has 2 saturated heterocycles. The van der Waals surface area contributed by atoms with Gasteiger partial charge in [-0.25, -0.2) is 14.4 Å². The molecule has 8 rings (SSSR count). The Kier molecular flexibility index (Phi) is 18.1. The highest BCUT2D eigenvalue weighted by Crippen LogP contribution is 2.28. The van der Waals surface area contributed by atoms with Crippen molar-refractivity contribution in [2.24, 2.45) is 23.1 Å². The van der Waals surface area contributed by atoms with Crippen molar-refractivity contribution in [1.29, 1.82) is 0 Å². The monoisotopic (exact) mass is 1010 g/mol. The maximum atomic E-state index is 14.3. The van der Waals surface area contributed by atoms with E-state index in [2.05, 4.69) is 15.0 Å². The number of piperidine rings is 1. The zero-order valence-electron chi connectivity index (χ0n) is 40.8. The number of carbonyl (C=O) groups is 5. The van der Waals surface area contributed by atoms with E-state index in [1.807, 2.05) is 44.2 Å². The molecular formula is C55H60ClFN10O6. The van der Waals surface area contributed by atoms with E-state index in [4.69, 9.17) is 28.8 Å². The normalized spacial score (nSPS) is 16.7. The van der Waals surface area contributed by atoms with E-state index >= 15 is 0 Å². The first kappa shape index (κ1) is 53.4. The second-order valence-electron chi connectivity index (χ2n) is 18.6. The Balaban J connectivity index is 0.000000216. The van der Waals surface area contributed by atoms with Crippen LogP contribution in [0.3, 0.4) is 0 Å². The molecule has 2 aliphatic rings. The summed E-state index contributed by atoms with van der Waals surface area (Å²) < 4.78 is 14.3. The van der Waals surface area contributed by atoms with E-state index in [9.17, 15) is 33.5 Å². The van der Waals surface area contributed by atoms with E-state index in [0.717, 1.165) is 30.4 Å². The zero-order chi connectivity index (χ0) is 52.2. The number of hydrogen-bond donors (Lipinski definition) is 4. The van der Waals surface area contributed by atoms with Crippen molar-refractivity contribution in [2.75, 3.05) is 49.1 Å². The van der Waals surface area contributed by atoms with Crippen molar-refractivity contribution >= 4 is 52.5 Å². The fraction of sp³-hybridized carbons (Fsp3) is 0.309. The number of likely N-dealkylation sites (tertiary alicyclic amines) is 2. The van der Waals surface area contributed by atoms with Crippen LogP contribution in [0.5, 0.6) is 5.75 Å². The molecule has 3 unspecified atom stereocenters. The van der Waals surface area contributed by atoms with Gasteiger partial charge in [-0.05, 0) is 91.9 Å². The maximum Gasteiger partial charge on any atom is 0.260 e. The summed E-state index contributed by atoms with van der Waals surface area (Å²) in [4.78, 5) is 85.1. The standard InChI is InChI=1S/C30H34FN5O3.C25H26ClN5O3/c1-19(2)28(37)13-20-7-9-21(10-8-20)30(39)36(18-29(38)35-16-22(32)14-23(33)17-35)24-11-12-27(34-15-24)25-5-3-4-6-26(25)31;26-20-9-8-18(15-21(20)32)25(34)31(16-23(33)30-13-4-7-19(27)11-14-30)22-10-12-28-24(29-22)17-5-2-1-3-6-17/h3-12,15,19,22-23H,13-14,16-18,32-33H2,1-2H3;1-3,5-6,8-10,12,15,19,32H,4,7,11,13-14,16,27H2. The molecule has 380 valence electrons. The van der Waals surface area contributed by atoms with Crippen LogP contribution in [0.4, 0.5) is 15.9 Å². The molecule has 0 spiro atoms. The number of ketones is 1. The van der Waals surface area contributed by atoms with Gasteiger partial charge in [-0.2, -0.15) is 0 Å². The van der Waals surface area contributed by atoms with E-state index in [1.54, 1.807) is 76.7 Å². The number of aromatic nitrogens is 3. The van der Waals surface area contributed by atoms with Crippen molar-refractivity contribution in [2.45, 2.75) is 64.1 Å². The summed E-state index contributed by atoms with van der Waals surface area (Å²) in [6.07, 6.45) is 6.32. The zero-order valence-corrected chi connectivity index (χ0v) is 41.6. The lowest BCUT2D eigenvalue weighted by atomic mass is 10.00. The van der Waals surface area contributed by atoms with Gasteiger partial charge < -0.3 is 32.1 Å². The maximum absolute atomic E-state index is 14.3. The summed E-state index contributed by atoms with van der Waals surface area (Å²) in [5.41, 5.74) is 21.5. The molecule has 2 fully saturated rings. The van der Waals surface area contributed by atoms with Gasteiger partial charge in [0.25, 0.3) is 11.8 Å². The van der Waals surface area contributed by atoms with Crippen LogP contribution in [0.2, 0.25) is 5.02 Å². The van der Waals surface area contributed by atoms with Crippen LogP contribution < -0.4 is 27.0 Å². The molecule has 2 aliphatic heterocycles. The largest absolute Gasteiger partial charge is 0.506 e. The van der Waals surface area contributed by atoms with Crippen LogP contribution >= 0.6 is 11.6 Å². The van der Waals surface area contributed by atoms with Crippen LogP contribution in [0.15, 0.2) is 128 Å². The summed E-state index contributed by atoms with van der Waals surface area (Å²) in [5, 5.41) is 10.2. The van der Waals surface area contributed by atoms with Gasteiger partial charge >= 0.3 is 0 Å². The third-order valence-electron chi connectivity index (χ3n) is 12.6. The minimum Gasteiger partial charge on any atom is -0.506 e. The predicted octanol–water partition coefficient (Wildman–Crippen LogP) is 6.68. The highest BCUT2D eigenvalue weighted by Gasteiger charge is 2.31. The molecule has 2 aromatic heterocycles. The summed E-state index contributed by atoms with van der Waals surface area (Å²) in [7, 11) is 0. The third kappa shape index (κ3) is 14.2. The molecule has 16 nitrogen and oxygen atoms in total. The summed E-state index contributed by atoms with van der Waals surface area (Å²) in [6, 6.07) is 31.1. The van der Waals surface area contributed by atoms with E-state index in [-0.39, 0.29) is 83.3 Å². The lowest BCUT2D eigenvalue weighted by molar-refractivity contribution is -0.131. The molecule has 3 atom stereocenters. The SMILES string of the molecule is CC(C)C(=O)Cc1ccc(C(=O)N(CC(=O)N2CC(N)CC(N)C2)c2ccc(-c3ccccc3F)nc2)cc1.NC1CCCN(C(=O)CN(C(=O)c2ccc(Cl)c(O)c2)c2ccnc(-c3ccccc3)n2)CC1. The van der Waals surface area contributed by atoms with E-state index in [0.29, 0.717) is 60.9 Å². The highest BCUT2D eigenvalue weighted by molar-refractivity contribution is 6.32. The lowest BCUT2D eigenvalue weighted by Crippen LogP contribution is -2.56. The molecular weight excluding hydrogens is 951 g/mol. The number of anilines is 2. The average Bonchev–Trinajstić information content (AvgIpc) is 3.62. The number of phenolic OH excluding ortho intramolecular Hbond substituents is 1. The number of nitrogens with zero attached hydrogens (tertiary/aromatic N) is 7. The molecule has 0 saturated carbocycles. The van der Waals surface area contributed by atoms with Crippen LogP contribution in [0.1, 0.15) is 65.8 Å². The second kappa shape index (κ2) is 24.8. The highest BCUT2D eigenvalue weighted by atomic mass is 35.5. The van der Waals surface area contributed by atoms with Crippen LogP contribution in [-0.4, -0.2) is 117 Å². The van der Waals surface area contributed by atoms with Gasteiger partial charge in [-0.3, -0.25) is 38.8 Å². The Bertz CT molecular complexity index is 2880. The predicted molar refractivity (Wildman–Crippen MR) is 279 cm³/mol. The molecule has 4 heterocycles.